The summed E-state index contributed by atoms with van der Waals surface area (Å²) in [6.45, 7) is 28.6. The molecule has 0 saturated carbocycles. The number of hydrogen-bond donors (Lipinski definition) is 3. The third-order valence-electron chi connectivity index (χ3n) is 12.3. The zero-order valence-corrected chi connectivity index (χ0v) is 47.8. The fourth-order valence-electron chi connectivity index (χ4n) is 7.61. The first-order valence-electron chi connectivity index (χ1n) is 26.1. The van der Waals surface area contributed by atoms with E-state index in [1.807, 2.05) is 6.92 Å². The van der Waals surface area contributed by atoms with Gasteiger partial charge >= 0.3 is 15.6 Å². The van der Waals surface area contributed by atoms with Crippen LogP contribution in [0.3, 0.4) is 0 Å². The van der Waals surface area contributed by atoms with Gasteiger partial charge < -0.3 is 14.7 Å². The molecule has 0 bridgehead atoms. The van der Waals surface area contributed by atoms with Gasteiger partial charge in [0.1, 0.15) is 0 Å². The van der Waals surface area contributed by atoms with Crippen LogP contribution in [0.15, 0.2) is 140 Å². The molecule has 392 valence electrons. The number of hydrogen-bond acceptors (Lipinski definition) is 4. The Morgan fingerprint density at radius 1 is 0.304 bits per heavy atom. The van der Waals surface area contributed by atoms with E-state index in [0.717, 1.165) is 134 Å². The van der Waals surface area contributed by atoms with Crippen LogP contribution in [-0.4, -0.2) is 21.3 Å². The maximum absolute atomic E-state index is 11.5. The molecule has 1 atom stereocenters. The molecule has 0 saturated heterocycles. The lowest BCUT2D eigenvalue weighted by molar-refractivity contribution is 0.191. The van der Waals surface area contributed by atoms with Gasteiger partial charge in [-0.2, -0.15) is 4.31 Å². The van der Waals surface area contributed by atoms with Crippen LogP contribution < -0.4 is 0 Å². The van der Waals surface area contributed by atoms with Gasteiger partial charge in [-0.25, -0.2) is 9.13 Å². The van der Waals surface area contributed by atoms with Crippen LogP contribution in [0, 0.1) is 0 Å². The highest BCUT2D eigenvalue weighted by Gasteiger charge is 2.31. The zero-order valence-electron chi connectivity index (χ0n) is 46.1. The molecule has 0 spiro atoms. The van der Waals surface area contributed by atoms with Gasteiger partial charge in [-0.05, 0) is 231 Å². The van der Waals surface area contributed by atoms with Crippen molar-refractivity contribution in [1.29, 1.82) is 0 Å². The first-order valence-corrected chi connectivity index (χ1v) is 29.1. The maximum Gasteiger partial charge on any atom is 0.481 e. The topological polar surface area (TPSA) is 113 Å². The lowest BCUT2D eigenvalue weighted by atomic mass is 10.0. The van der Waals surface area contributed by atoms with Crippen molar-refractivity contribution in [2.24, 2.45) is 0 Å². The molecule has 0 amide bonds. The van der Waals surface area contributed by atoms with Gasteiger partial charge in [0, 0.05) is 0 Å². The van der Waals surface area contributed by atoms with Crippen LogP contribution in [0.25, 0.3) is 0 Å². The number of phosphoric ester groups is 1. The number of phosphoric acid groups is 2. The van der Waals surface area contributed by atoms with Crippen molar-refractivity contribution in [1.82, 2.24) is 0 Å². The lowest BCUT2D eigenvalue weighted by Gasteiger charge is -2.11. The van der Waals surface area contributed by atoms with Crippen LogP contribution in [0.5, 0.6) is 0 Å². The zero-order chi connectivity index (χ0) is 52.1. The average Bonchev–Trinajstić information content (AvgIpc) is 3.22. The first kappa shape index (κ1) is 66.1. The van der Waals surface area contributed by atoms with Crippen LogP contribution in [0.2, 0.25) is 0 Å². The predicted octanol–water partition coefficient (Wildman–Crippen LogP) is 20.2. The van der Waals surface area contributed by atoms with E-state index < -0.39 is 15.6 Å². The average molecular weight is 995 g/mol. The van der Waals surface area contributed by atoms with Crippen molar-refractivity contribution in [3.63, 3.8) is 0 Å². The van der Waals surface area contributed by atoms with E-state index >= 15 is 0 Å². The van der Waals surface area contributed by atoms with Crippen molar-refractivity contribution in [2.75, 3.05) is 6.61 Å². The van der Waals surface area contributed by atoms with Gasteiger partial charge in [0.15, 0.2) is 0 Å². The Bertz CT molecular complexity index is 1960. The molecule has 69 heavy (non-hydrogen) atoms. The Kier molecular flexibility index (Phi) is 38.1. The minimum absolute atomic E-state index is 0.274. The first-order chi connectivity index (χ1) is 32.5. The van der Waals surface area contributed by atoms with Gasteiger partial charge in [-0.15, -0.1) is 0 Å². The highest BCUT2D eigenvalue weighted by molar-refractivity contribution is 7.60. The van der Waals surface area contributed by atoms with E-state index in [0.29, 0.717) is 0 Å². The molecule has 7 nitrogen and oxygen atoms in total. The predicted molar refractivity (Wildman–Crippen MR) is 301 cm³/mol. The van der Waals surface area contributed by atoms with E-state index in [1.165, 1.54) is 74.1 Å². The molecule has 0 aromatic heterocycles. The summed E-state index contributed by atoms with van der Waals surface area (Å²) in [5, 5.41) is 0. The summed E-state index contributed by atoms with van der Waals surface area (Å²) in [5.74, 6) is 0. The van der Waals surface area contributed by atoms with Gasteiger partial charge in [-0.3, -0.25) is 4.52 Å². The molecule has 1 unspecified atom stereocenters. The molecule has 0 radical (unpaired) electrons. The van der Waals surface area contributed by atoms with Gasteiger partial charge in [0.05, 0.1) is 6.61 Å². The maximum atomic E-state index is 11.5. The summed E-state index contributed by atoms with van der Waals surface area (Å²) in [6.07, 6.45) is 52.0. The van der Waals surface area contributed by atoms with E-state index in [9.17, 15) is 14.0 Å². The van der Waals surface area contributed by atoms with Gasteiger partial charge in [0.25, 0.3) is 0 Å². The summed E-state index contributed by atoms with van der Waals surface area (Å²) in [6, 6.07) is 0. The molecule has 0 aliphatic rings. The Balaban J connectivity index is 4.32. The molecular weight excluding hydrogens is 895 g/mol. The SMILES string of the molecule is CC(C)=CCCC(C)=CCCC(C)=CCCC(C)=CCCC(C)=CCCC(C)=CCCC(C)=CCCC(C)=CCCC(C)=CCCC(C)=CCCC(C)=CCCC(C)=CCOP(=O)(O)OP(=O)(O)O. The van der Waals surface area contributed by atoms with E-state index in [1.54, 1.807) is 6.08 Å². The minimum Gasteiger partial charge on any atom is -0.302 e. The normalized spacial score (nSPS) is 15.9. The fraction of sp³-hybridized carbons (Fsp3) is 0.600. The molecular formula is C60H100O7P2. The lowest BCUT2D eigenvalue weighted by Crippen LogP contribution is -1.94. The van der Waals surface area contributed by atoms with Crippen molar-refractivity contribution in [3.8, 4) is 0 Å². The molecule has 0 fully saturated rings. The van der Waals surface area contributed by atoms with Gasteiger partial charge in [-0.1, -0.05) is 140 Å². The van der Waals surface area contributed by atoms with E-state index in [2.05, 4.69) is 159 Å². The summed E-state index contributed by atoms with van der Waals surface area (Å²) in [4.78, 5) is 26.7. The molecule has 0 aromatic carbocycles. The Labute approximate surface area is 424 Å². The second-order valence-electron chi connectivity index (χ2n) is 20.1. The monoisotopic (exact) mass is 995 g/mol. The highest BCUT2D eigenvalue weighted by Crippen LogP contribution is 2.57. The second-order valence-corrected chi connectivity index (χ2v) is 22.9. The number of allylic oxidation sites excluding steroid dienone is 23. The van der Waals surface area contributed by atoms with Crippen LogP contribution >= 0.6 is 15.6 Å². The fourth-order valence-corrected chi connectivity index (χ4v) is 9.13. The Morgan fingerprint density at radius 3 is 0.652 bits per heavy atom. The summed E-state index contributed by atoms with van der Waals surface area (Å²) in [7, 11) is -9.92. The summed E-state index contributed by atoms with van der Waals surface area (Å²) < 4.78 is 30.7. The third kappa shape index (κ3) is 44.8. The Hall–Kier alpha value is -2.86. The van der Waals surface area contributed by atoms with Crippen molar-refractivity contribution in [3.05, 3.63) is 140 Å². The van der Waals surface area contributed by atoms with Crippen molar-refractivity contribution in [2.45, 2.75) is 231 Å². The van der Waals surface area contributed by atoms with Crippen LogP contribution in [0.4, 0.5) is 0 Å². The molecule has 0 heterocycles. The molecule has 0 aliphatic heterocycles. The summed E-state index contributed by atoms with van der Waals surface area (Å²) in [5.41, 5.74) is 17.1. The minimum atomic E-state index is -5.11. The van der Waals surface area contributed by atoms with E-state index in [-0.39, 0.29) is 6.61 Å². The summed E-state index contributed by atoms with van der Waals surface area (Å²) >= 11 is 0. The highest BCUT2D eigenvalue weighted by atomic mass is 31.3. The smallest absolute Gasteiger partial charge is 0.302 e. The largest absolute Gasteiger partial charge is 0.481 e. The second kappa shape index (κ2) is 39.7. The molecule has 0 rings (SSSR count). The van der Waals surface area contributed by atoms with Gasteiger partial charge in [0.2, 0.25) is 0 Å². The van der Waals surface area contributed by atoms with Crippen LogP contribution in [-0.2, 0) is 18.0 Å². The Morgan fingerprint density at radius 2 is 0.478 bits per heavy atom. The van der Waals surface area contributed by atoms with Crippen molar-refractivity contribution >= 4 is 15.6 Å². The van der Waals surface area contributed by atoms with E-state index in [4.69, 9.17) is 9.79 Å². The number of rotatable bonds is 38. The van der Waals surface area contributed by atoms with Crippen LogP contribution in [0.1, 0.15) is 231 Å². The molecule has 9 heteroatoms. The molecule has 0 aromatic rings. The standard InChI is InChI=1S/C60H100O7P2/c1-49(2)25-14-26-50(3)27-15-28-51(4)29-16-30-52(5)31-17-32-53(6)33-18-34-54(7)35-19-36-55(8)37-20-38-56(9)39-21-40-57(10)41-22-42-58(11)43-23-44-59(12)45-24-46-60(13)47-48-66-69(64,65)67-68(61,62)63/h25,27,29,31,33,35,37,39,41,43,45,47H,14-24,26,28,30,32,34,36,38,40,42,44,46,48H2,1-13H3,(H,64,65)(H2,61,62,63). The quantitative estimate of drug-likeness (QED) is 0.0417. The molecule has 3 N–H and O–H groups in total. The third-order valence-corrected chi connectivity index (χ3v) is 14.4. The van der Waals surface area contributed by atoms with Crippen molar-refractivity contribution < 1.29 is 32.6 Å². The molecule has 0 aliphatic carbocycles.